The third-order valence-corrected chi connectivity index (χ3v) is 7.35. The first-order chi connectivity index (χ1) is 16.7. The molecule has 1 saturated heterocycles. The van der Waals surface area contributed by atoms with Crippen molar-refractivity contribution in [3.8, 4) is 0 Å². The number of esters is 1. The van der Waals surface area contributed by atoms with Crippen molar-refractivity contribution in [2.45, 2.75) is 31.0 Å². The quantitative estimate of drug-likeness (QED) is 0.247. The molecule has 0 bridgehead atoms. The van der Waals surface area contributed by atoms with Gasteiger partial charge in [0, 0.05) is 22.9 Å². The van der Waals surface area contributed by atoms with E-state index in [0.717, 1.165) is 0 Å². The molecule has 2 amide bonds. The summed E-state index contributed by atoms with van der Waals surface area (Å²) < 4.78 is 5.37. The highest BCUT2D eigenvalue weighted by atomic mass is 35.5. The van der Waals surface area contributed by atoms with Crippen LogP contribution in [0, 0.1) is 10.1 Å². The van der Waals surface area contributed by atoms with Gasteiger partial charge in [0.25, 0.3) is 11.6 Å². The van der Waals surface area contributed by atoms with Gasteiger partial charge in [-0.05, 0) is 47.9 Å². The number of nitrogens with one attached hydrogen (secondary N) is 1. The van der Waals surface area contributed by atoms with Crippen LogP contribution in [0.4, 0.5) is 5.69 Å². The summed E-state index contributed by atoms with van der Waals surface area (Å²) in [5, 5.41) is 13.5. The number of carbonyl (C=O) groups is 3. The van der Waals surface area contributed by atoms with Gasteiger partial charge in [0.2, 0.25) is 5.91 Å². The second-order valence-corrected chi connectivity index (χ2v) is 9.60. The van der Waals surface area contributed by atoms with Crippen molar-refractivity contribution in [3.63, 3.8) is 0 Å². The molecule has 35 heavy (non-hydrogen) atoms. The smallest absolute Gasteiger partial charge is 0.355 e. The van der Waals surface area contributed by atoms with Crippen molar-refractivity contribution < 1.29 is 24.0 Å². The zero-order valence-electron chi connectivity index (χ0n) is 18.5. The van der Waals surface area contributed by atoms with Crippen molar-refractivity contribution in [1.82, 2.24) is 10.2 Å². The SMILES string of the molecule is CC1=C(C(=O)OCc2ccc([N+](=O)[O-])cc2)N2C(=O)C(NC(=O)C(N)c3ccc(Cl)cc3)[C@@H]2SC1. The van der Waals surface area contributed by atoms with Crippen molar-refractivity contribution in [2.75, 3.05) is 5.75 Å². The number of β-lactam (4-membered cyclic amide) rings is 1. The van der Waals surface area contributed by atoms with E-state index in [1.54, 1.807) is 31.2 Å². The summed E-state index contributed by atoms with van der Waals surface area (Å²) in [6.07, 6.45) is 0. The number of hydrogen-bond acceptors (Lipinski definition) is 8. The number of nitro benzene ring substituents is 1. The topological polar surface area (TPSA) is 145 Å². The molecule has 12 heteroatoms. The maximum absolute atomic E-state index is 12.9. The fourth-order valence-electron chi connectivity index (χ4n) is 3.76. The van der Waals surface area contributed by atoms with Crippen LogP contribution in [0.5, 0.6) is 0 Å². The molecule has 0 aliphatic carbocycles. The van der Waals surface area contributed by atoms with E-state index in [9.17, 15) is 24.5 Å². The van der Waals surface area contributed by atoms with Crippen LogP contribution in [0.1, 0.15) is 24.1 Å². The molecule has 3 N–H and O–H groups in total. The summed E-state index contributed by atoms with van der Waals surface area (Å²) in [5.41, 5.74) is 7.92. The van der Waals surface area contributed by atoms with E-state index >= 15 is 0 Å². The molecular formula is C23H21ClN4O6S. The summed E-state index contributed by atoms with van der Waals surface area (Å²) in [7, 11) is 0. The molecule has 2 aliphatic heterocycles. The lowest BCUT2D eigenvalue weighted by atomic mass is 10.0. The van der Waals surface area contributed by atoms with E-state index in [1.807, 2.05) is 0 Å². The minimum atomic E-state index is -0.980. The number of ether oxygens (including phenoxy) is 1. The molecular weight excluding hydrogens is 496 g/mol. The van der Waals surface area contributed by atoms with Gasteiger partial charge in [0.05, 0.1) is 4.92 Å². The summed E-state index contributed by atoms with van der Waals surface area (Å²) in [4.78, 5) is 50.0. The van der Waals surface area contributed by atoms with Crippen molar-refractivity contribution in [2.24, 2.45) is 5.73 Å². The normalized spacial score (nSPS) is 20.0. The molecule has 2 aromatic rings. The second-order valence-electron chi connectivity index (χ2n) is 8.05. The van der Waals surface area contributed by atoms with Crippen LogP contribution in [-0.4, -0.2) is 44.8 Å². The predicted molar refractivity (Wildman–Crippen MR) is 129 cm³/mol. The number of halogens is 1. The van der Waals surface area contributed by atoms with E-state index < -0.39 is 40.2 Å². The molecule has 0 spiro atoms. The molecule has 2 unspecified atom stereocenters. The zero-order valence-corrected chi connectivity index (χ0v) is 20.0. The summed E-state index contributed by atoms with van der Waals surface area (Å²) >= 11 is 7.30. The number of nitrogens with two attached hydrogens (primary N) is 1. The maximum atomic E-state index is 12.9. The van der Waals surface area contributed by atoms with Crippen molar-refractivity contribution in [3.05, 3.63) is 86.1 Å². The van der Waals surface area contributed by atoms with Crippen LogP contribution in [-0.2, 0) is 25.7 Å². The number of benzene rings is 2. The molecule has 2 heterocycles. The zero-order chi connectivity index (χ0) is 25.3. The van der Waals surface area contributed by atoms with E-state index in [-0.39, 0.29) is 18.0 Å². The Morgan fingerprint density at radius 2 is 1.91 bits per heavy atom. The average Bonchev–Trinajstić information content (AvgIpc) is 2.85. The third-order valence-electron chi connectivity index (χ3n) is 5.68. The fraction of sp³-hybridized carbons (Fsp3) is 0.261. The Hall–Kier alpha value is -3.41. The molecule has 182 valence electrons. The fourth-order valence-corrected chi connectivity index (χ4v) is 5.18. The Labute approximate surface area is 209 Å². The van der Waals surface area contributed by atoms with Gasteiger partial charge >= 0.3 is 5.97 Å². The first-order valence-corrected chi connectivity index (χ1v) is 12.0. The van der Waals surface area contributed by atoms with Crippen LogP contribution in [0.25, 0.3) is 0 Å². The van der Waals surface area contributed by atoms with E-state index in [4.69, 9.17) is 22.1 Å². The number of hydrogen-bond donors (Lipinski definition) is 2. The highest BCUT2D eigenvalue weighted by molar-refractivity contribution is 8.00. The highest BCUT2D eigenvalue weighted by Crippen LogP contribution is 2.40. The Balaban J connectivity index is 1.39. The molecule has 0 saturated carbocycles. The van der Waals surface area contributed by atoms with Gasteiger partial charge < -0.3 is 15.8 Å². The van der Waals surface area contributed by atoms with Gasteiger partial charge in [-0.2, -0.15) is 0 Å². The van der Waals surface area contributed by atoms with Crippen LogP contribution < -0.4 is 11.1 Å². The lowest BCUT2D eigenvalue weighted by molar-refractivity contribution is -0.384. The van der Waals surface area contributed by atoms with Gasteiger partial charge in [-0.1, -0.05) is 23.7 Å². The largest absolute Gasteiger partial charge is 0.456 e. The Morgan fingerprint density at radius 1 is 1.26 bits per heavy atom. The van der Waals surface area contributed by atoms with Crippen LogP contribution >= 0.6 is 23.4 Å². The number of thioether (sulfide) groups is 1. The minimum Gasteiger partial charge on any atom is -0.456 e. The van der Waals surface area contributed by atoms with Crippen LogP contribution in [0.2, 0.25) is 5.02 Å². The lowest BCUT2D eigenvalue weighted by Gasteiger charge is -2.49. The summed E-state index contributed by atoms with van der Waals surface area (Å²) in [6.45, 7) is 1.63. The first-order valence-electron chi connectivity index (χ1n) is 10.5. The van der Waals surface area contributed by atoms with E-state index in [0.29, 0.717) is 27.5 Å². The molecule has 2 aliphatic rings. The number of nitro groups is 1. The van der Waals surface area contributed by atoms with Crippen molar-refractivity contribution >= 4 is 46.8 Å². The molecule has 2 aromatic carbocycles. The Kier molecular flexibility index (Phi) is 7.10. The number of amides is 2. The number of nitrogens with zero attached hydrogens (tertiary/aromatic N) is 2. The summed E-state index contributed by atoms with van der Waals surface area (Å²) in [6, 6.07) is 10.4. The minimum absolute atomic E-state index is 0.0687. The molecule has 10 nitrogen and oxygen atoms in total. The molecule has 1 fully saturated rings. The molecule has 0 aromatic heterocycles. The van der Waals surface area contributed by atoms with Gasteiger partial charge in [-0.3, -0.25) is 24.6 Å². The maximum Gasteiger partial charge on any atom is 0.355 e. The van der Waals surface area contributed by atoms with Gasteiger partial charge in [-0.15, -0.1) is 11.8 Å². The van der Waals surface area contributed by atoms with Gasteiger partial charge in [0.1, 0.15) is 29.8 Å². The molecule has 3 atom stereocenters. The standard InChI is InChI=1S/C23H21ClN4O6S/c1-12-11-35-22-18(26-20(29)17(25)14-4-6-15(24)7-5-14)21(30)27(22)19(12)23(31)34-10-13-2-8-16(9-3-13)28(32)33/h2-9,17-18,22H,10-11,25H2,1H3,(H,26,29)/t17?,18?,22-/m0/s1. The van der Waals surface area contributed by atoms with E-state index in [1.165, 1.54) is 40.9 Å². The van der Waals surface area contributed by atoms with Gasteiger partial charge in [0.15, 0.2) is 0 Å². The molecule has 4 rings (SSSR count). The van der Waals surface area contributed by atoms with Crippen LogP contribution in [0.15, 0.2) is 59.8 Å². The number of fused-ring (bicyclic) bond motifs is 1. The summed E-state index contributed by atoms with van der Waals surface area (Å²) in [5.74, 6) is -1.14. The van der Waals surface area contributed by atoms with Crippen LogP contribution in [0.3, 0.4) is 0 Å². The average molecular weight is 517 g/mol. The van der Waals surface area contributed by atoms with Crippen molar-refractivity contribution in [1.29, 1.82) is 0 Å². The van der Waals surface area contributed by atoms with Gasteiger partial charge in [-0.25, -0.2) is 4.79 Å². The highest BCUT2D eigenvalue weighted by Gasteiger charge is 2.54. The first kappa shape index (κ1) is 24.7. The Bertz CT molecular complexity index is 1220. The molecule has 0 radical (unpaired) electrons. The number of carbonyl (C=O) groups excluding carboxylic acids is 3. The van der Waals surface area contributed by atoms with E-state index in [2.05, 4.69) is 5.32 Å². The predicted octanol–water partition coefficient (Wildman–Crippen LogP) is 2.67. The third kappa shape index (κ3) is 5.02. The number of rotatable bonds is 7. The number of non-ortho nitro benzene ring substituents is 1. The Morgan fingerprint density at radius 3 is 2.54 bits per heavy atom. The second kappa shape index (κ2) is 10.1. The lowest BCUT2D eigenvalue weighted by Crippen LogP contribution is -2.71. The monoisotopic (exact) mass is 516 g/mol.